The third kappa shape index (κ3) is 2.72. The maximum atomic E-state index is 11.5. The first kappa shape index (κ1) is 12.2. The van der Waals surface area contributed by atoms with Crippen molar-refractivity contribution in [2.45, 2.75) is 44.9 Å². The summed E-state index contributed by atoms with van der Waals surface area (Å²) in [5.74, 6) is 1.14. The third-order valence-corrected chi connectivity index (χ3v) is 3.18. The van der Waals surface area contributed by atoms with Crippen LogP contribution in [0.25, 0.3) is 0 Å². The van der Waals surface area contributed by atoms with Gasteiger partial charge in [-0.2, -0.15) is 4.98 Å². The number of ketones is 1. The van der Waals surface area contributed by atoms with Gasteiger partial charge in [-0.25, -0.2) is 0 Å². The number of carbonyl (C=O) groups is 1. The highest BCUT2D eigenvalue weighted by Crippen LogP contribution is 2.25. The molecule has 1 aliphatic heterocycles. The molecule has 0 amide bonds. The molecule has 0 N–H and O–H groups in total. The Morgan fingerprint density at radius 1 is 1.59 bits per heavy atom. The molecular formula is C12H18N2O3. The van der Waals surface area contributed by atoms with Gasteiger partial charge in [-0.05, 0) is 19.8 Å². The number of ether oxygens (including phenoxy) is 1. The maximum Gasteiger partial charge on any atom is 0.236 e. The highest BCUT2D eigenvalue weighted by atomic mass is 16.5. The molecule has 5 nitrogen and oxygen atoms in total. The second-order valence-electron chi connectivity index (χ2n) is 4.45. The Morgan fingerprint density at radius 3 is 3.06 bits per heavy atom. The quantitative estimate of drug-likeness (QED) is 0.803. The number of carbonyl (C=O) groups excluding carboxylic acids is 1. The lowest BCUT2D eigenvalue weighted by Crippen LogP contribution is -2.16. The molecule has 1 saturated heterocycles. The van der Waals surface area contributed by atoms with E-state index in [-0.39, 0.29) is 17.6 Å². The van der Waals surface area contributed by atoms with Crippen LogP contribution in [-0.2, 0) is 9.53 Å². The zero-order valence-corrected chi connectivity index (χ0v) is 10.3. The lowest BCUT2D eigenvalue weighted by molar-refractivity contribution is -0.120. The molecular weight excluding hydrogens is 220 g/mol. The number of hydrogen-bond donors (Lipinski definition) is 0. The van der Waals surface area contributed by atoms with Crippen LogP contribution in [0.4, 0.5) is 0 Å². The minimum absolute atomic E-state index is 0.125. The van der Waals surface area contributed by atoms with Gasteiger partial charge in [-0.1, -0.05) is 12.1 Å². The second kappa shape index (κ2) is 5.40. The molecule has 2 atom stereocenters. The van der Waals surface area contributed by atoms with Crippen LogP contribution in [0.15, 0.2) is 4.52 Å². The van der Waals surface area contributed by atoms with Crippen molar-refractivity contribution in [3.05, 3.63) is 11.7 Å². The van der Waals surface area contributed by atoms with E-state index in [0.29, 0.717) is 24.7 Å². The first-order chi connectivity index (χ1) is 8.22. The Hall–Kier alpha value is -1.23. The summed E-state index contributed by atoms with van der Waals surface area (Å²) in [5.41, 5.74) is 0. The molecule has 17 heavy (non-hydrogen) atoms. The van der Waals surface area contributed by atoms with E-state index in [2.05, 4.69) is 10.1 Å². The van der Waals surface area contributed by atoms with Gasteiger partial charge < -0.3 is 9.26 Å². The molecule has 1 aliphatic rings. The van der Waals surface area contributed by atoms with Gasteiger partial charge in [0, 0.05) is 18.9 Å². The van der Waals surface area contributed by atoms with Gasteiger partial charge in [0.2, 0.25) is 5.89 Å². The van der Waals surface area contributed by atoms with E-state index in [1.54, 1.807) is 6.92 Å². The second-order valence-corrected chi connectivity index (χ2v) is 4.45. The van der Waals surface area contributed by atoms with Crippen molar-refractivity contribution in [2.24, 2.45) is 0 Å². The van der Waals surface area contributed by atoms with Crippen LogP contribution < -0.4 is 0 Å². The summed E-state index contributed by atoms with van der Waals surface area (Å²) >= 11 is 0. The molecule has 1 aromatic rings. The van der Waals surface area contributed by atoms with Crippen molar-refractivity contribution in [3.8, 4) is 0 Å². The standard InChI is InChI=1S/C12H18N2O3/c1-3-10(15)8(2)12-13-11(14-17-12)9-5-4-6-16-7-9/h8-9H,3-7H2,1-2H3. The number of Topliss-reactive ketones (excluding diaryl/α,β-unsaturated/α-hetero) is 1. The molecule has 0 bridgehead atoms. The summed E-state index contributed by atoms with van der Waals surface area (Å²) in [7, 11) is 0. The minimum Gasteiger partial charge on any atom is -0.381 e. The van der Waals surface area contributed by atoms with E-state index in [0.717, 1.165) is 19.4 Å². The smallest absolute Gasteiger partial charge is 0.236 e. The normalized spacial score (nSPS) is 22.4. The van der Waals surface area contributed by atoms with Crippen LogP contribution in [0.5, 0.6) is 0 Å². The maximum absolute atomic E-state index is 11.5. The van der Waals surface area contributed by atoms with Gasteiger partial charge in [0.15, 0.2) is 5.82 Å². The van der Waals surface area contributed by atoms with Gasteiger partial charge in [0.05, 0.1) is 12.5 Å². The summed E-state index contributed by atoms with van der Waals surface area (Å²) in [5, 5.41) is 3.96. The molecule has 0 aromatic carbocycles. The van der Waals surface area contributed by atoms with Crippen LogP contribution in [0.3, 0.4) is 0 Å². The molecule has 2 unspecified atom stereocenters. The van der Waals surface area contributed by atoms with Crippen molar-refractivity contribution in [3.63, 3.8) is 0 Å². The topological polar surface area (TPSA) is 65.2 Å². The minimum atomic E-state index is -0.300. The summed E-state index contributed by atoms with van der Waals surface area (Å²) in [6.07, 6.45) is 2.54. The monoisotopic (exact) mass is 238 g/mol. The van der Waals surface area contributed by atoms with Gasteiger partial charge in [0.1, 0.15) is 5.78 Å². The van der Waals surface area contributed by atoms with Crippen molar-refractivity contribution < 1.29 is 14.1 Å². The average molecular weight is 238 g/mol. The van der Waals surface area contributed by atoms with E-state index in [9.17, 15) is 4.79 Å². The van der Waals surface area contributed by atoms with Crippen LogP contribution in [0.1, 0.15) is 56.7 Å². The number of hydrogen-bond acceptors (Lipinski definition) is 5. The molecule has 2 heterocycles. The molecule has 0 aliphatic carbocycles. The first-order valence-corrected chi connectivity index (χ1v) is 6.16. The zero-order chi connectivity index (χ0) is 12.3. The molecule has 0 saturated carbocycles. The predicted octanol–water partition coefficient (Wildman–Crippen LogP) is 2.05. The average Bonchev–Trinajstić information content (AvgIpc) is 2.87. The summed E-state index contributed by atoms with van der Waals surface area (Å²) < 4.78 is 10.6. The third-order valence-electron chi connectivity index (χ3n) is 3.18. The number of aromatic nitrogens is 2. The Bertz CT molecular complexity index is 383. The fraction of sp³-hybridized carbons (Fsp3) is 0.750. The highest BCUT2D eigenvalue weighted by Gasteiger charge is 2.25. The Balaban J connectivity index is 2.06. The SMILES string of the molecule is CCC(=O)C(C)c1nc(C2CCCOC2)no1. The molecule has 94 valence electrons. The van der Waals surface area contributed by atoms with Gasteiger partial charge in [-0.3, -0.25) is 4.79 Å². The Kier molecular flexibility index (Phi) is 3.89. The fourth-order valence-electron chi connectivity index (χ4n) is 1.98. The van der Waals surface area contributed by atoms with Crippen LogP contribution >= 0.6 is 0 Å². The van der Waals surface area contributed by atoms with Crippen molar-refractivity contribution in [2.75, 3.05) is 13.2 Å². The first-order valence-electron chi connectivity index (χ1n) is 6.16. The molecule has 0 radical (unpaired) electrons. The van der Waals surface area contributed by atoms with Crippen LogP contribution in [0, 0.1) is 0 Å². The fourth-order valence-corrected chi connectivity index (χ4v) is 1.98. The largest absolute Gasteiger partial charge is 0.381 e. The van der Waals surface area contributed by atoms with Crippen LogP contribution in [0.2, 0.25) is 0 Å². The highest BCUT2D eigenvalue weighted by molar-refractivity contribution is 5.83. The van der Waals surface area contributed by atoms with Crippen molar-refractivity contribution in [1.82, 2.24) is 10.1 Å². The van der Waals surface area contributed by atoms with E-state index >= 15 is 0 Å². The summed E-state index contributed by atoms with van der Waals surface area (Å²) in [6.45, 7) is 5.10. The molecule has 0 spiro atoms. The predicted molar refractivity (Wildman–Crippen MR) is 60.8 cm³/mol. The number of nitrogens with zero attached hydrogens (tertiary/aromatic N) is 2. The van der Waals surface area contributed by atoms with E-state index < -0.39 is 0 Å². The van der Waals surface area contributed by atoms with Gasteiger partial charge in [-0.15, -0.1) is 0 Å². The van der Waals surface area contributed by atoms with E-state index in [1.807, 2.05) is 6.92 Å². The van der Waals surface area contributed by atoms with Gasteiger partial charge in [0.25, 0.3) is 0 Å². The van der Waals surface area contributed by atoms with Crippen molar-refractivity contribution in [1.29, 1.82) is 0 Å². The van der Waals surface area contributed by atoms with E-state index in [4.69, 9.17) is 9.26 Å². The van der Waals surface area contributed by atoms with Crippen molar-refractivity contribution >= 4 is 5.78 Å². The molecule has 1 aromatic heterocycles. The molecule has 2 rings (SSSR count). The summed E-state index contributed by atoms with van der Waals surface area (Å²) in [4.78, 5) is 15.9. The zero-order valence-electron chi connectivity index (χ0n) is 10.3. The lowest BCUT2D eigenvalue weighted by Gasteiger charge is -2.18. The van der Waals surface area contributed by atoms with E-state index in [1.165, 1.54) is 0 Å². The number of rotatable bonds is 4. The molecule has 5 heteroatoms. The Labute approximate surface area is 101 Å². The van der Waals surface area contributed by atoms with Crippen LogP contribution in [-0.4, -0.2) is 29.1 Å². The lowest BCUT2D eigenvalue weighted by atomic mass is 10.0. The molecule has 1 fully saturated rings. The van der Waals surface area contributed by atoms with Gasteiger partial charge >= 0.3 is 0 Å². The Morgan fingerprint density at radius 2 is 2.41 bits per heavy atom. The summed E-state index contributed by atoms with van der Waals surface area (Å²) in [6, 6.07) is 0.